The Balaban J connectivity index is 2.75. The topological polar surface area (TPSA) is 110 Å². The number of aliphatic carboxylic acids is 1. The second-order valence-corrected chi connectivity index (χ2v) is 4.23. The molecule has 0 bridgehead atoms. The number of carboxylic acid groups (broad SMARTS) is 1. The molecule has 0 aliphatic carbocycles. The predicted octanol–water partition coefficient (Wildman–Crippen LogP) is 1.25. The molecule has 2 N–H and O–H groups in total. The molecule has 0 radical (unpaired) electrons. The van der Waals surface area contributed by atoms with Gasteiger partial charge in [0, 0.05) is 6.07 Å². The number of carboxylic acids is 1. The van der Waals surface area contributed by atoms with Crippen molar-refractivity contribution in [3.63, 3.8) is 0 Å². The normalized spacial score (nSPS) is 11.8. The number of hydrogen-bond acceptors (Lipinski definition) is 5. The van der Waals surface area contributed by atoms with Crippen molar-refractivity contribution in [2.75, 3.05) is 0 Å². The Morgan fingerprint density at radius 1 is 1.59 bits per heavy atom. The minimum absolute atomic E-state index is 0.122. The van der Waals surface area contributed by atoms with Crippen LogP contribution in [0.2, 0.25) is 0 Å². The first-order chi connectivity index (χ1) is 7.95. The third-order valence-corrected chi connectivity index (χ3v) is 3.04. The molecule has 1 amide bonds. The van der Waals surface area contributed by atoms with Crippen molar-refractivity contribution in [2.24, 2.45) is 0 Å². The van der Waals surface area contributed by atoms with E-state index in [1.807, 2.05) is 0 Å². The molecule has 0 aliphatic rings. The summed E-state index contributed by atoms with van der Waals surface area (Å²) in [6.07, 6.45) is 0.245. The molecule has 92 valence electrons. The summed E-state index contributed by atoms with van der Waals surface area (Å²) in [6, 6.07) is 1.53. The third-order valence-electron chi connectivity index (χ3n) is 2.01. The summed E-state index contributed by atoms with van der Waals surface area (Å²) in [5, 5.41) is 21.3. The number of carbonyl (C=O) groups excluding carboxylic acids is 1. The fraction of sp³-hybridized carbons (Fsp3) is 0.333. The second-order valence-electron chi connectivity index (χ2n) is 3.17. The summed E-state index contributed by atoms with van der Waals surface area (Å²) in [5.74, 6) is -1.75. The number of nitro groups is 1. The summed E-state index contributed by atoms with van der Waals surface area (Å²) in [6.45, 7) is 1.62. The highest BCUT2D eigenvalue weighted by molar-refractivity contribution is 7.17. The molecule has 1 rings (SSSR count). The molecule has 1 heterocycles. The lowest BCUT2D eigenvalue weighted by Crippen LogP contribution is -2.39. The van der Waals surface area contributed by atoms with E-state index in [4.69, 9.17) is 5.11 Å². The fourth-order valence-corrected chi connectivity index (χ4v) is 1.84. The molecule has 0 unspecified atom stereocenters. The second kappa shape index (κ2) is 5.39. The Morgan fingerprint density at radius 2 is 2.24 bits per heavy atom. The number of amides is 1. The molecule has 0 saturated carbocycles. The molecular weight excluding hydrogens is 248 g/mol. The van der Waals surface area contributed by atoms with Crippen molar-refractivity contribution in [3.05, 3.63) is 27.1 Å². The minimum atomic E-state index is -1.13. The zero-order valence-corrected chi connectivity index (χ0v) is 9.69. The number of nitrogens with one attached hydrogen (secondary N) is 1. The molecule has 1 atom stereocenters. The maximum Gasteiger partial charge on any atom is 0.326 e. The molecule has 0 spiro atoms. The van der Waals surface area contributed by atoms with Crippen molar-refractivity contribution in [3.8, 4) is 0 Å². The molecule has 7 nitrogen and oxygen atoms in total. The van der Waals surface area contributed by atoms with Crippen molar-refractivity contribution in [1.82, 2.24) is 5.32 Å². The van der Waals surface area contributed by atoms with Crippen LogP contribution >= 0.6 is 11.3 Å². The van der Waals surface area contributed by atoms with Crippen LogP contribution in [0.15, 0.2) is 12.1 Å². The van der Waals surface area contributed by atoms with E-state index in [-0.39, 0.29) is 16.3 Å². The van der Waals surface area contributed by atoms with Crippen LogP contribution in [0.25, 0.3) is 0 Å². The zero-order valence-electron chi connectivity index (χ0n) is 8.87. The lowest BCUT2D eigenvalue weighted by Gasteiger charge is -2.10. The third kappa shape index (κ3) is 3.25. The number of nitrogens with zero attached hydrogens (tertiary/aromatic N) is 1. The van der Waals surface area contributed by atoms with Gasteiger partial charge in [0.2, 0.25) is 0 Å². The van der Waals surface area contributed by atoms with Gasteiger partial charge in [-0.2, -0.15) is 0 Å². The first-order valence-electron chi connectivity index (χ1n) is 4.73. The van der Waals surface area contributed by atoms with E-state index >= 15 is 0 Å². The van der Waals surface area contributed by atoms with Gasteiger partial charge in [-0.05, 0) is 12.5 Å². The maximum atomic E-state index is 11.6. The van der Waals surface area contributed by atoms with Crippen molar-refractivity contribution in [1.29, 1.82) is 0 Å². The first kappa shape index (κ1) is 13.1. The highest BCUT2D eigenvalue weighted by Crippen LogP contribution is 2.23. The van der Waals surface area contributed by atoms with Crippen molar-refractivity contribution in [2.45, 2.75) is 19.4 Å². The molecule has 17 heavy (non-hydrogen) atoms. The lowest BCUT2D eigenvalue weighted by atomic mass is 10.2. The molecule has 0 aromatic carbocycles. The van der Waals surface area contributed by atoms with Gasteiger partial charge >= 0.3 is 11.0 Å². The molecule has 1 aromatic rings. The van der Waals surface area contributed by atoms with Crippen molar-refractivity contribution < 1.29 is 19.6 Å². The Morgan fingerprint density at radius 3 is 2.65 bits per heavy atom. The average molecular weight is 258 g/mol. The summed E-state index contributed by atoms with van der Waals surface area (Å²) < 4.78 is 0. The van der Waals surface area contributed by atoms with Gasteiger partial charge < -0.3 is 10.4 Å². The van der Waals surface area contributed by atoms with Crippen LogP contribution in [0.3, 0.4) is 0 Å². The van der Waals surface area contributed by atoms with Gasteiger partial charge in [-0.1, -0.05) is 18.3 Å². The van der Waals surface area contributed by atoms with Crippen LogP contribution in [0.4, 0.5) is 5.00 Å². The monoisotopic (exact) mass is 258 g/mol. The van der Waals surface area contributed by atoms with Crippen LogP contribution in [0.5, 0.6) is 0 Å². The van der Waals surface area contributed by atoms with E-state index in [1.165, 1.54) is 12.1 Å². The largest absolute Gasteiger partial charge is 0.480 e. The van der Waals surface area contributed by atoms with Gasteiger partial charge in [0.1, 0.15) is 6.04 Å². The molecule has 0 saturated heterocycles. The number of thiophene rings is 1. The van der Waals surface area contributed by atoms with Gasteiger partial charge in [0.15, 0.2) is 0 Å². The Kier molecular flexibility index (Phi) is 4.16. The quantitative estimate of drug-likeness (QED) is 0.610. The van der Waals surface area contributed by atoms with Crippen LogP contribution in [-0.4, -0.2) is 27.9 Å². The molecule has 8 heteroatoms. The number of carbonyl (C=O) groups is 2. The molecular formula is C9H10N2O5S. The Bertz CT molecular complexity index is 456. The first-order valence-corrected chi connectivity index (χ1v) is 5.55. The van der Waals surface area contributed by atoms with E-state index in [0.29, 0.717) is 11.3 Å². The van der Waals surface area contributed by atoms with Gasteiger partial charge in [-0.3, -0.25) is 14.9 Å². The standard InChI is InChI=1S/C9H10N2O5S/c1-2-5(9(13)14)10-8(12)6-3-4-7(17-6)11(15)16/h3-5H,2H2,1H3,(H,10,12)(H,13,14)/t5-/m0/s1. The van der Waals surface area contributed by atoms with Crippen LogP contribution in [-0.2, 0) is 4.79 Å². The SMILES string of the molecule is CC[C@H](NC(=O)c1ccc([N+](=O)[O-])s1)C(=O)O. The van der Waals surface area contributed by atoms with Gasteiger partial charge in [0.05, 0.1) is 9.80 Å². The smallest absolute Gasteiger partial charge is 0.326 e. The lowest BCUT2D eigenvalue weighted by molar-refractivity contribution is -0.380. The van der Waals surface area contributed by atoms with Gasteiger partial charge in [-0.15, -0.1) is 0 Å². The summed E-state index contributed by atoms with van der Waals surface area (Å²) >= 11 is 0.709. The van der Waals surface area contributed by atoms with E-state index in [1.54, 1.807) is 6.92 Å². The molecule has 0 fully saturated rings. The highest BCUT2D eigenvalue weighted by Gasteiger charge is 2.21. The average Bonchev–Trinajstić information content (AvgIpc) is 2.74. The van der Waals surface area contributed by atoms with Crippen LogP contribution in [0, 0.1) is 10.1 Å². The zero-order chi connectivity index (χ0) is 13.0. The van der Waals surface area contributed by atoms with E-state index in [0.717, 1.165) is 0 Å². The van der Waals surface area contributed by atoms with Crippen LogP contribution in [0.1, 0.15) is 23.0 Å². The summed E-state index contributed by atoms with van der Waals surface area (Å²) in [4.78, 5) is 32.2. The number of rotatable bonds is 5. The van der Waals surface area contributed by atoms with E-state index in [9.17, 15) is 19.7 Å². The summed E-state index contributed by atoms with van der Waals surface area (Å²) in [7, 11) is 0. The predicted molar refractivity (Wildman–Crippen MR) is 60.2 cm³/mol. The van der Waals surface area contributed by atoms with E-state index < -0.39 is 22.8 Å². The highest BCUT2D eigenvalue weighted by atomic mass is 32.1. The molecule has 0 aliphatic heterocycles. The van der Waals surface area contributed by atoms with E-state index in [2.05, 4.69) is 5.32 Å². The Labute approximate surface area is 100 Å². The van der Waals surface area contributed by atoms with Crippen molar-refractivity contribution >= 4 is 28.2 Å². The summed E-state index contributed by atoms with van der Waals surface area (Å²) in [5.41, 5.74) is 0. The fourth-order valence-electron chi connectivity index (χ4n) is 1.12. The number of hydrogen-bond donors (Lipinski definition) is 2. The Hall–Kier alpha value is -1.96. The minimum Gasteiger partial charge on any atom is -0.480 e. The maximum absolute atomic E-state index is 11.6. The van der Waals surface area contributed by atoms with Gasteiger partial charge in [0.25, 0.3) is 5.91 Å². The molecule has 1 aromatic heterocycles. The van der Waals surface area contributed by atoms with Crippen LogP contribution < -0.4 is 5.32 Å². The van der Waals surface area contributed by atoms with Gasteiger partial charge in [-0.25, -0.2) is 4.79 Å².